The standard InChI is InChI=1S/C18H26ClF3N4O/c1-3-14(4-2)24-16(27)12-25-6-5-7-26(9-8-25)17-15(19)10-13(11-23-17)18(20,21)22/h10-11,14H,3-9,12H2,1-2H3,(H,24,27). The summed E-state index contributed by atoms with van der Waals surface area (Å²) in [6.45, 7) is 6.94. The SMILES string of the molecule is CCC(CC)NC(=O)CN1CCCN(c2ncc(C(F)(F)F)cc2Cl)CC1. The molecule has 0 aromatic carbocycles. The number of pyridine rings is 1. The quantitative estimate of drug-likeness (QED) is 0.784. The Morgan fingerprint density at radius 3 is 2.56 bits per heavy atom. The molecule has 0 unspecified atom stereocenters. The van der Waals surface area contributed by atoms with Gasteiger partial charge in [-0.15, -0.1) is 0 Å². The Labute approximate surface area is 162 Å². The molecule has 1 aromatic rings. The molecule has 1 aliphatic rings. The van der Waals surface area contributed by atoms with Crippen molar-refractivity contribution in [3.63, 3.8) is 0 Å². The number of halogens is 4. The Morgan fingerprint density at radius 2 is 1.96 bits per heavy atom. The highest BCUT2D eigenvalue weighted by Crippen LogP contribution is 2.33. The number of hydrogen-bond donors (Lipinski definition) is 1. The fourth-order valence-corrected chi connectivity index (χ4v) is 3.41. The second kappa shape index (κ2) is 9.59. The van der Waals surface area contributed by atoms with Crippen molar-refractivity contribution < 1.29 is 18.0 Å². The Hall–Kier alpha value is -1.54. The fraction of sp³-hybridized carbons (Fsp3) is 0.667. The van der Waals surface area contributed by atoms with Gasteiger partial charge in [-0.3, -0.25) is 9.69 Å². The summed E-state index contributed by atoms with van der Waals surface area (Å²) < 4.78 is 38.3. The van der Waals surface area contributed by atoms with Crippen LogP contribution >= 0.6 is 11.6 Å². The molecule has 1 fully saturated rings. The lowest BCUT2D eigenvalue weighted by atomic mass is 10.2. The molecule has 152 valence electrons. The van der Waals surface area contributed by atoms with Gasteiger partial charge in [-0.25, -0.2) is 4.98 Å². The monoisotopic (exact) mass is 406 g/mol. The molecule has 2 heterocycles. The van der Waals surface area contributed by atoms with E-state index < -0.39 is 11.7 Å². The largest absolute Gasteiger partial charge is 0.417 e. The molecule has 0 spiro atoms. The van der Waals surface area contributed by atoms with Crippen molar-refractivity contribution in [2.75, 3.05) is 37.6 Å². The van der Waals surface area contributed by atoms with Crippen molar-refractivity contribution >= 4 is 23.3 Å². The first kappa shape index (κ1) is 21.8. The van der Waals surface area contributed by atoms with E-state index >= 15 is 0 Å². The molecule has 0 atom stereocenters. The Balaban J connectivity index is 1.95. The van der Waals surface area contributed by atoms with E-state index in [1.54, 1.807) is 0 Å². The molecule has 2 rings (SSSR count). The first-order valence-corrected chi connectivity index (χ1v) is 9.61. The van der Waals surface area contributed by atoms with Crippen LogP contribution in [0.15, 0.2) is 12.3 Å². The van der Waals surface area contributed by atoms with E-state index in [-0.39, 0.29) is 17.0 Å². The van der Waals surface area contributed by atoms with Gasteiger partial charge in [0.1, 0.15) is 5.82 Å². The van der Waals surface area contributed by atoms with Crippen LogP contribution in [0.3, 0.4) is 0 Å². The van der Waals surface area contributed by atoms with Gasteiger partial charge in [0, 0.05) is 38.4 Å². The number of rotatable bonds is 6. The molecular formula is C18H26ClF3N4O. The molecular weight excluding hydrogens is 381 g/mol. The van der Waals surface area contributed by atoms with Gasteiger partial charge in [0.2, 0.25) is 5.91 Å². The number of anilines is 1. The topological polar surface area (TPSA) is 48.5 Å². The number of amides is 1. The summed E-state index contributed by atoms with van der Waals surface area (Å²) in [5.74, 6) is 0.357. The summed E-state index contributed by atoms with van der Waals surface area (Å²) in [6.07, 6.45) is -1.08. The van der Waals surface area contributed by atoms with E-state index in [0.717, 1.165) is 38.1 Å². The lowest BCUT2D eigenvalue weighted by Gasteiger charge is -2.24. The van der Waals surface area contributed by atoms with Gasteiger partial charge < -0.3 is 10.2 Å². The van der Waals surface area contributed by atoms with Crippen molar-refractivity contribution in [3.05, 3.63) is 22.8 Å². The van der Waals surface area contributed by atoms with E-state index in [1.165, 1.54) is 0 Å². The van der Waals surface area contributed by atoms with Crippen LogP contribution in [0.25, 0.3) is 0 Å². The van der Waals surface area contributed by atoms with Crippen LogP contribution in [-0.4, -0.2) is 54.6 Å². The third kappa shape index (κ3) is 6.24. The summed E-state index contributed by atoms with van der Waals surface area (Å²) in [4.78, 5) is 20.0. The van der Waals surface area contributed by atoms with Gasteiger partial charge in [0.15, 0.2) is 0 Å². The fourth-order valence-electron chi connectivity index (χ4n) is 3.13. The van der Waals surface area contributed by atoms with Crippen LogP contribution in [0.1, 0.15) is 38.7 Å². The number of nitrogens with zero attached hydrogens (tertiary/aromatic N) is 3. The van der Waals surface area contributed by atoms with E-state index in [1.807, 2.05) is 18.7 Å². The maximum absolute atomic E-state index is 12.8. The highest BCUT2D eigenvalue weighted by molar-refractivity contribution is 6.33. The molecule has 5 nitrogen and oxygen atoms in total. The summed E-state index contributed by atoms with van der Waals surface area (Å²) >= 11 is 6.05. The van der Waals surface area contributed by atoms with Gasteiger partial charge in [-0.05, 0) is 25.3 Å². The normalized spacial score (nSPS) is 16.5. The highest BCUT2D eigenvalue weighted by atomic mass is 35.5. The molecule has 0 aliphatic carbocycles. The number of hydrogen-bond acceptors (Lipinski definition) is 4. The van der Waals surface area contributed by atoms with Crippen LogP contribution in [-0.2, 0) is 11.0 Å². The molecule has 27 heavy (non-hydrogen) atoms. The van der Waals surface area contributed by atoms with E-state index in [9.17, 15) is 18.0 Å². The van der Waals surface area contributed by atoms with Crippen molar-refractivity contribution in [3.8, 4) is 0 Å². The van der Waals surface area contributed by atoms with Gasteiger partial charge in [0.05, 0.1) is 17.1 Å². The van der Waals surface area contributed by atoms with Crippen LogP contribution in [0, 0.1) is 0 Å². The average Bonchev–Trinajstić information content (AvgIpc) is 2.84. The van der Waals surface area contributed by atoms with Gasteiger partial charge in [0.25, 0.3) is 0 Å². The van der Waals surface area contributed by atoms with Crippen LogP contribution < -0.4 is 10.2 Å². The second-order valence-corrected chi connectivity index (χ2v) is 7.13. The lowest BCUT2D eigenvalue weighted by Crippen LogP contribution is -2.42. The van der Waals surface area contributed by atoms with Crippen molar-refractivity contribution in [2.45, 2.75) is 45.3 Å². The number of alkyl halides is 3. The Morgan fingerprint density at radius 1 is 1.26 bits per heavy atom. The minimum atomic E-state index is -4.47. The van der Waals surface area contributed by atoms with Gasteiger partial charge >= 0.3 is 6.18 Å². The molecule has 1 N–H and O–H groups in total. The predicted octanol–water partition coefficient (Wildman–Crippen LogP) is 3.57. The zero-order chi connectivity index (χ0) is 20.0. The van der Waals surface area contributed by atoms with E-state index in [0.29, 0.717) is 32.0 Å². The number of carbonyl (C=O) groups is 1. The molecule has 1 aromatic heterocycles. The number of carbonyl (C=O) groups excluding carboxylic acids is 1. The van der Waals surface area contributed by atoms with E-state index in [2.05, 4.69) is 15.2 Å². The molecule has 0 bridgehead atoms. The molecule has 9 heteroatoms. The molecule has 1 amide bonds. The second-order valence-electron chi connectivity index (χ2n) is 6.72. The molecule has 1 saturated heterocycles. The number of aromatic nitrogens is 1. The maximum Gasteiger partial charge on any atom is 0.417 e. The molecule has 0 radical (unpaired) electrons. The maximum atomic E-state index is 12.8. The summed E-state index contributed by atoms with van der Waals surface area (Å²) in [6, 6.07) is 1.10. The Bertz CT molecular complexity index is 638. The number of nitrogens with one attached hydrogen (secondary N) is 1. The zero-order valence-electron chi connectivity index (χ0n) is 15.7. The average molecular weight is 407 g/mol. The van der Waals surface area contributed by atoms with Gasteiger partial charge in [-0.1, -0.05) is 25.4 Å². The Kier molecular flexibility index (Phi) is 7.73. The third-order valence-corrected chi connectivity index (χ3v) is 5.03. The van der Waals surface area contributed by atoms with E-state index in [4.69, 9.17) is 11.6 Å². The first-order valence-electron chi connectivity index (χ1n) is 9.24. The zero-order valence-corrected chi connectivity index (χ0v) is 16.4. The minimum absolute atomic E-state index is 0.00263. The summed E-state index contributed by atoms with van der Waals surface area (Å²) in [5.41, 5.74) is -0.856. The third-order valence-electron chi connectivity index (χ3n) is 4.76. The predicted molar refractivity (Wildman–Crippen MR) is 100 cm³/mol. The van der Waals surface area contributed by atoms with Crippen molar-refractivity contribution in [2.24, 2.45) is 0 Å². The highest BCUT2D eigenvalue weighted by Gasteiger charge is 2.32. The first-order chi connectivity index (χ1) is 12.7. The van der Waals surface area contributed by atoms with Crippen LogP contribution in [0.4, 0.5) is 19.0 Å². The molecule has 0 saturated carbocycles. The minimum Gasteiger partial charge on any atom is -0.354 e. The summed E-state index contributed by atoms with van der Waals surface area (Å²) in [5, 5.41) is 3.01. The van der Waals surface area contributed by atoms with Crippen LogP contribution in [0.5, 0.6) is 0 Å². The molecule has 1 aliphatic heterocycles. The smallest absolute Gasteiger partial charge is 0.354 e. The summed E-state index contributed by atoms with van der Waals surface area (Å²) in [7, 11) is 0. The lowest BCUT2D eigenvalue weighted by molar-refractivity contribution is -0.137. The van der Waals surface area contributed by atoms with Crippen molar-refractivity contribution in [1.29, 1.82) is 0 Å². The van der Waals surface area contributed by atoms with Crippen molar-refractivity contribution in [1.82, 2.24) is 15.2 Å². The van der Waals surface area contributed by atoms with Gasteiger partial charge in [-0.2, -0.15) is 13.2 Å². The van der Waals surface area contributed by atoms with Crippen LogP contribution in [0.2, 0.25) is 5.02 Å².